The van der Waals surface area contributed by atoms with E-state index in [0.29, 0.717) is 12.6 Å². The average Bonchev–Trinajstić information content (AvgIpc) is 3.38. The van der Waals surface area contributed by atoms with Crippen LogP contribution in [0.5, 0.6) is 6.01 Å². The number of nitrogens with zero attached hydrogens (tertiary/aromatic N) is 6. The Kier molecular flexibility index (Phi) is 6.43. The summed E-state index contributed by atoms with van der Waals surface area (Å²) in [6.07, 6.45) is 6.80. The monoisotopic (exact) mass is 476 g/mol. The van der Waals surface area contributed by atoms with Gasteiger partial charge >= 0.3 is 6.01 Å². The molecule has 0 radical (unpaired) electrons. The molecule has 2 fully saturated rings. The van der Waals surface area contributed by atoms with E-state index in [9.17, 15) is 0 Å². The topological polar surface area (TPSA) is 85.4 Å². The molecule has 9 heteroatoms. The molecule has 3 aromatic rings. The number of rotatable bonds is 6. The number of H-pyrrole nitrogens is 1. The van der Waals surface area contributed by atoms with E-state index in [1.54, 1.807) is 0 Å². The van der Waals surface area contributed by atoms with Gasteiger partial charge in [-0.25, -0.2) is 0 Å². The molecule has 0 unspecified atom stereocenters. The second-order valence-corrected chi connectivity index (χ2v) is 9.98. The van der Waals surface area contributed by atoms with Gasteiger partial charge in [0.2, 0.25) is 0 Å². The number of fused-ring (bicyclic) bond motifs is 2. The number of aryl methyl sites for hydroxylation is 1. The van der Waals surface area contributed by atoms with Crippen LogP contribution in [0.4, 0.5) is 11.5 Å². The lowest BCUT2D eigenvalue weighted by Gasteiger charge is -2.35. The van der Waals surface area contributed by atoms with Gasteiger partial charge in [0.25, 0.3) is 0 Å². The Morgan fingerprint density at radius 3 is 2.69 bits per heavy atom. The van der Waals surface area contributed by atoms with Crippen molar-refractivity contribution in [1.82, 2.24) is 30.4 Å². The van der Waals surface area contributed by atoms with Gasteiger partial charge in [-0.05, 0) is 50.9 Å². The number of hydrogen-bond acceptors (Lipinski definition) is 8. The van der Waals surface area contributed by atoms with Crippen LogP contribution < -0.4 is 19.9 Å². The molecule has 5 heterocycles. The van der Waals surface area contributed by atoms with Gasteiger partial charge in [0.05, 0.1) is 29.6 Å². The van der Waals surface area contributed by atoms with E-state index < -0.39 is 0 Å². The van der Waals surface area contributed by atoms with Crippen molar-refractivity contribution in [1.29, 1.82) is 0 Å². The number of hydrogen-bond donors (Lipinski definition) is 2. The molecule has 0 spiro atoms. The maximum atomic E-state index is 6.19. The van der Waals surface area contributed by atoms with Gasteiger partial charge in [0, 0.05) is 50.2 Å². The summed E-state index contributed by atoms with van der Waals surface area (Å²) in [5, 5.41) is 12.0. The number of benzene rings is 1. The minimum Gasteiger partial charge on any atom is -0.462 e. The molecule has 1 aromatic carbocycles. The van der Waals surface area contributed by atoms with Crippen LogP contribution >= 0.6 is 0 Å². The quantitative estimate of drug-likeness (QED) is 0.561. The van der Waals surface area contributed by atoms with Crippen molar-refractivity contribution in [2.45, 2.75) is 39.2 Å². The zero-order valence-corrected chi connectivity index (χ0v) is 20.7. The summed E-state index contributed by atoms with van der Waals surface area (Å²) in [6.45, 7) is 11.7. The fourth-order valence-electron chi connectivity index (χ4n) is 5.76. The lowest BCUT2D eigenvalue weighted by molar-refractivity contribution is 0.177. The smallest absolute Gasteiger partial charge is 0.318 e. The fraction of sp³-hybridized carbons (Fsp3) is 0.577. The highest BCUT2D eigenvalue weighted by Gasteiger charge is 2.28. The summed E-state index contributed by atoms with van der Waals surface area (Å²) in [6, 6.07) is 4.80. The SMILES string of the molecule is Cc1ccc2[nH]ncc2c1N1CCc2c(nc(OCCN3CCCCC3)nc2N2CCNCC2)C1. The maximum Gasteiger partial charge on any atom is 0.318 e. The molecule has 6 rings (SSSR count). The van der Waals surface area contributed by atoms with Gasteiger partial charge in [-0.2, -0.15) is 15.1 Å². The van der Waals surface area contributed by atoms with Crippen molar-refractivity contribution in [2.75, 3.05) is 68.8 Å². The largest absolute Gasteiger partial charge is 0.462 e. The zero-order valence-electron chi connectivity index (χ0n) is 20.7. The third-order valence-electron chi connectivity index (χ3n) is 7.64. The minimum atomic E-state index is 0.523. The number of anilines is 2. The molecule has 35 heavy (non-hydrogen) atoms. The summed E-state index contributed by atoms with van der Waals surface area (Å²) >= 11 is 0. The van der Waals surface area contributed by atoms with E-state index in [1.807, 2.05) is 6.20 Å². The minimum absolute atomic E-state index is 0.523. The molecule has 0 aliphatic carbocycles. The highest BCUT2D eigenvalue weighted by atomic mass is 16.5. The fourth-order valence-corrected chi connectivity index (χ4v) is 5.76. The second-order valence-electron chi connectivity index (χ2n) is 9.98. The molecule has 3 aliphatic rings. The summed E-state index contributed by atoms with van der Waals surface area (Å²) in [4.78, 5) is 17.3. The van der Waals surface area contributed by atoms with Gasteiger partial charge in [-0.1, -0.05) is 12.5 Å². The van der Waals surface area contributed by atoms with Gasteiger partial charge in [0.15, 0.2) is 0 Å². The summed E-state index contributed by atoms with van der Waals surface area (Å²) < 4.78 is 6.19. The average molecular weight is 477 g/mol. The van der Waals surface area contributed by atoms with Gasteiger partial charge in [-0.3, -0.25) is 10.00 Å². The Morgan fingerprint density at radius 2 is 1.83 bits per heavy atom. The molecule has 2 saturated heterocycles. The molecule has 0 atom stereocenters. The number of aromatic nitrogens is 4. The molecule has 2 aromatic heterocycles. The molecule has 2 N–H and O–H groups in total. The first-order chi connectivity index (χ1) is 17.3. The Morgan fingerprint density at radius 1 is 0.971 bits per heavy atom. The van der Waals surface area contributed by atoms with E-state index in [-0.39, 0.29) is 0 Å². The summed E-state index contributed by atoms with van der Waals surface area (Å²) in [5.41, 5.74) is 5.95. The van der Waals surface area contributed by atoms with Crippen molar-refractivity contribution in [3.63, 3.8) is 0 Å². The van der Waals surface area contributed by atoms with Gasteiger partial charge in [0.1, 0.15) is 12.4 Å². The highest BCUT2D eigenvalue weighted by molar-refractivity contribution is 5.93. The molecule has 0 amide bonds. The number of piperidine rings is 1. The number of piperazine rings is 1. The zero-order chi connectivity index (χ0) is 23.6. The van der Waals surface area contributed by atoms with Crippen molar-refractivity contribution >= 4 is 22.4 Å². The molecular formula is C26H36N8O. The lowest BCUT2D eigenvalue weighted by Crippen LogP contribution is -2.45. The Labute approximate surface area is 206 Å². The van der Waals surface area contributed by atoms with Crippen LogP contribution in [-0.2, 0) is 13.0 Å². The van der Waals surface area contributed by atoms with Crippen LogP contribution in [0.25, 0.3) is 10.9 Å². The summed E-state index contributed by atoms with van der Waals surface area (Å²) in [7, 11) is 0. The van der Waals surface area contributed by atoms with E-state index in [2.05, 4.69) is 49.3 Å². The van der Waals surface area contributed by atoms with Crippen molar-refractivity contribution < 1.29 is 4.74 Å². The standard InChI is InChI=1S/C26H36N8O/c1-19-5-6-22-21(17-28-31-22)24(19)34-12-7-20-23(18-34)29-26(30-25(20)33-13-8-27-9-14-33)35-16-15-32-10-3-2-4-11-32/h5-6,17,27H,2-4,7-16,18H2,1H3,(H,28,31). The molecule has 9 nitrogen and oxygen atoms in total. The molecule has 3 aliphatic heterocycles. The Hall–Kier alpha value is -2.91. The van der Waals surface area contributed by atoms with Crippen molar-refractivity contribution in [3.05, 3.63) is 35.2 Å². The van der Waals surface area contributed by atoms with Crippen LogP contribution in [-0.4, -0.2) is 84.0 Å². The lowest BCUT2D eigenvalue weighted by atomic mass is 10.0. The van der Waals surface area contributed by atoms with Crippen molar-refractivity contribution in [3.8, 4) is 6.01 Å². The second kappa shape index (κ2) is 9.99. The number of aromatic amines is 1. The number of ether oxygens (including phenoxy) is 1. The highest BCUT2D eigenvalue weighted by Crippen LogP contribution is 2.35. The van der Waals surface area contributed by atoms with E-state index in [4.69, 9.17) is 14.7 Å². The predicted molar refractivity (Wildman–Crippen MR) is 138 cm³/mol. The van der Waals surface area contributed by atoms with Crippen LogP contribution in [0.1, 0.15) is 36.1 Å². The first-order valence-corrected chi connectivity index (χ1v) is 13.1. The molecule has 0 bridgehead atoms. The van der Waals surface area contributed by atoms with Crippen LogP contribution in [0.3, 0.4) is 0 Å². The Balaban J connectivity index is 1.28. The van der Waals surface area contributed by atoms with Crippen LogP contribution in [0.2, 0.25) is 0 Å². The normalized spacial score (nSPS) is 19.2. The van der Waals surface area contributed by atoms with Gasteiger partial charge in [-0.15, -0.1) is 0 Å². The number of nitrogens with one attached hydrogen (secondary N) is 2. The van der Waals surface area contributed by atoms with E-state index >= 15 is 0 Å². The number of likely N-dealkylation sites (tertiary alicyclic amines) is 1. The third-order valence-corrected chi connectivity index (χ3v) is 7.64. The Bertz CT molecular complexity index is 1170. The van der Waals surface area contributed by atoms with Crippen LogP contribution in [0.15, 0.2) is 18.3 Å². The maximum absolute atomic E-state index is 6.19. The third kappa shape index (κ3) is 4.67. The van der Waals surface area contributed by atoms with Crippen LogP contribution in [0, 0.1) is 6.92 Å². The molecule has 186 valence electrons. The van der Waals surface area contributed by atoms with Gasteiger partial charge < -0.3 is 19.9 Å². The first-order valence-electron chi connectivity index (χ1n) is 13.1. The molecule has 0 saturated carbocycles. The summed E-state index contributed by atoms with van der Waals surface area (Å²) in [5.74, 6) is 1.07. The van der Waals surface area contributed by atoms with E-state index in [1.165, 1.54) is 54.6 Å². The molecular weight excluding hydrogens is 440 g/mol. The van der Waals surface area contributed by atoms with Crippen molar-refractivity contribution in [2.24, 2.45) is 0 Å². The predicted octanol–water partition coefficient (Wildman–Crippen LogP) is 2.50. The first kappa shape index (κ1) is 22.5. The van der Waals surface area contributed by atoms with E-state index in [0.717, 1.165) is 69.3 Å².